The van der Waals surface area contributed by atoms with Crippen LogP contribution in [0.15, 0.2) is 82.7 Å². The van der Waals surface area contributed by atoms with Gasteiger partial charge < -0.3 is 9.47 Å². The number of aryl methyl sites for hydroxylation is 1. The molecule has 0 saturated carbocycles. The molecule has 0 unspecified atom stereocenters. The Morgan fingerprint density at radius 1 is 1.07 bits per heavy atom. The van der Waals surface area contributed by atoms with Gasteiger partial charge in [0.05, 0.1) is 29.2 Å². The number of nitro benzene ring substituents is 1. The van der Waals surface area contributed by atoms with E-state index in [0.29, 0.717) is 37.9 Å². The van der Waals surface area contributed by atoms with Gasteiger partial charge in [-0.2, -0.15) is 9.78 Å². The van der Waals surface area contributed by atoms with Gasteiger partial charge in [0.2, 0.25) is 5.75 Å². The predicted molar refractivity (Wildman–Crippen MR) is 174 cm³/mol. The molecule has 9 nitrogen and oxygen atoms in total. The minimum Gasteiger partial charge on any atom is -0.496 e. The molecule has 0 amide bonds. The topological polar surface area (TPSA) is 109 Å². The number of hydrogen-bond donors (Lipinski definition) is 0. The van der Waals surface area contributed by atoms with Crippen molar-refractivity contribution < 1.29 is 14.4 Å². The first-order chi connectivity index (χ1) is 21.1. The van der Waals surface area contributed by atoms with E-state index in [4.69, 9.17) is 37.7 Å². The van der Waals surface area contributed by atoms with E-state index in [1.807, 2.05) is 25.1 Å². The van der Waals surface area contributed by atoms with Gasteiger partial charge in [0.15, 0.2) is 5.82 Å². The summed E-state index contributed by atoms with van der Waals surface area (Å²) >= 11 is 12.3. The van der Waals surface area contributed by atoms with E-state index in [0.717, 1.165) is 16.9 Å². The zero-order chi connectivity index (χ0) is 31.5. The van der Waals surface area contributed by atoms with Crippen molar-refractivity contribution in [1.82, 2.24) is 9.66 Å². The summed E-state index contributed by atoms with van der Waals surface area (Å²) in [7, 11) is 1.62. The number of benzene rings is 4. The highest BCUT2D eigenvalue weighted by atomic mass is 35.5. The van der Waals surface area contributed by atoms with E-state index in [1.54, 1.807) is 49.6 Å². The molecule has 0 radical (unpaired) electrons. The van der Waals surface area contributed by atoms with E-state index in [9.17, 15) is 14.9 Å². The number of halogens is 2. The molecule has 0 aliphatic rings. The van der Waals surface area contributed by atoms with Crippen molar-refractivity contribution in [2.45, 2.75) is 33.3 Å². The molecule has 0 aliphatic carbocycles. The Hall–Kier alpha value is -4.73. The lowest BCUT2D eigenvalue weighted by Gasteiger charge is -2.17. The number of nitro groups is 1. The molecule has 0 bridgehead atoms. The van der Waals surface area contributed by atoms with Crippen LogP contribution < -0.4 is 15.0 Å². The minimum absolute atomic E-state index is 0.0293. The molecule has 0 N–H and O–H groups in total. The zero-order valence-corrected chi connectivity index (χ0v) is 25.9. The number of ether oxygens (including phenoxy) is 2. The second kappa shape index (κ2) is 12.9. The highest BCUT2D eigenvalue weighted by Crippen LogP contribution is 2.35. The molecule has 5 rings (SSSR count). The van der Waals surface area contributed by atoms with Gasteiger partial charge in [-0.3, -0.25) is 14.9 Å². The molecule has 0 atom stereocenters. The fourth-order valence-corrected chi connectivity index (χ4v) is 5.29. The van der Waals surface area contributed by atoms with E-state index in [-0.39, 0.29) is 29.5 Å². The first-order valence-corrected chi connectivity index (χ1v) is 14.4. The summed E-state index contributed by atoms with van der Waals surface area (Å²) in [5.41, 5.74) is 3.19. The molecule has 0 spiro atoms. The molecule has 0 fully saturated rings. The number of methoxy groups -OCH3 is 1. The lowest BCUT2D eigenvalue weighted by atomic mass is 9.96. The Bertz CT molecular complexity index is 1990. The van der Waals surface area contributed by atoms with Gasteiger partial charge in [0.25, 0.3) is 5.56 Å². The van der Waals surface area contributed by atoms with Crippen molar-refractivity contribution in [3.63, 3.8) is 0 Å². The van der Waals surface area contributed by atoms with Gasteiger partial charge in [-0.05, 0) is 66.4 Å². The first-order valence-electron chi connectivity index (χ1n) is 13.7. The van der Waals surface area contributed by atoms with Crippen LogP contribution in [0.5, 0.6) is 11.5 Å². The van der Waals surface area contributed by atoms with Gasteiger partial charge in [0, 0.05) is 32.8 Å². The van der Waals surface area contributed by atoms with E-state index < -0.39 is 10.5 Å². The maximum atomic E-state index is 13.9. The number of para-hydroxylation sites is 2. The predicted octanol–water partition coefficient (Wildman–Crippen LogP) is 8.18. The van der Waals surface area contributed by atoms with Crippen LogP contribution in [0, 0.1) is 17.0 Å². The Morgan fingerprint density at radius 3 is 2.55 bits per heavy atom. The molecule has 4 aromatic carbocycles. The zero-order valence-electron chi connectivity index (χ0n) is 24.4. The van der Waals surface area contributed by atoms with Crippen molar-refractivity contribution >= 4 is 46.0 Å². The van der Waals surface area contributed by atoms with Gasteiger partial charge in [-0.25, -0.2) is 4.98 Å². The molecule has 44 heavy (non-hydrogen) atoms. The third-order valence-electron chi connectivity index (χ3n) is 7.11. The molecule has 1 aromatic heterocycles. The largest absolute Gasteiger partial charge is 0.496 e. The molecule has 1 heterocycles. The van der Waals surface area contributed by atoms with Crippen LogP contribution in [0.3, 0.4) is 0 Å². The van der Waals surface area contributed by atoms with Crippen LogP contribution >= 0.6 is 23.2 Å². The van der Waals surface area contributed by atoms with Gasteiger partial charge in [-0.15, -0.1) is 0 Å². The minimum atomic E-state index is -0.542. The van der Waals surface area contributed by atoms with Crippen LogP contribution in [0.2, 0.25) is 10.0 Å². The van der Waals surface area contributed by atoms with Crippen LogP contribution in [0.4, 0.5) is 5.69 Å². The highest BCUT2D eigenvalue weighted by Gasteiger charge is 2.21. The van der Waals surface area contributed by atoms with Gasteiger partial charge in [-0.1, -0.05) is 61.3 Å². The quantitative estimate of drug-likeness (QED) is 0.0922. The SMILES string of the molecule is COc1cc(C)c(-c2nc3ccccc3c(=O)n2N=Cc2cccc([N+](=O)[O-])c2OCc2ccc(Cl)cc2Cl)cc1C(C)C. The Balaban J connectivity index is 1.67. The summed E-state index contributed by atoms with van der Waals surface area (Å²) in [4.78, 5) is 30.1. The summed E-state index contributed by atoms with van der Waals surface area (Å²) in [6, 6.07) is 20.3. The molecule has 0 aliphatic heterocycles. The normalized spacial score (nSPS) is 11.4. The number of nitrogens with zero attached hydrogens (tertiary/aromatic N) is 4. The third-order valence-corrected chi connectivity index (χ3v) is 7.70. The third kappa shape index (κ3) is 6.15. The molecule has 11 heteroatoms. The van der Waals surface area contributed by atoms with Crippen LogP contribution in [0.25, 0.3) is 22.3 Å². The second-order valence-electron chi connectivity index (χ2n) is 10.4. The highest BCUT2D eigenvalue weighted by molar-refractivity contribution is 6.35. The monoisotopic (exact) mass is 630 g/mol. The molecular formula is C33H28Cl2N4O5. The summed E-state index contributed by atoms with van der Waals surface area (Å²) in [5.74, 6) is 1.15. The average molecular weight is 632 g/mol. The number of fused-ring (bicyclic) bond motifs is 1. The number of hydrogen-bond acceptors (Lipinski definition) is 7. The van der Waals surface area contributed by atoms with Crippen molar-refractivity contribution in [2.24, 2.45) is 5.10 Å². The molecule has 224 valence electrons. The molecule has 0 saturated heterocycles. The van der Waals surface area contributed by atoms with Crippen molar-refractivity contribution in [1.29, 1.82) is 0 Å². The Kier molecular flexibility index (Phi) is 8.98. The van der Waals surface area contributed by atoms with Crippen LogP contribution in [0.1, 0.15) is 42.0 Å². The number of rotatable bonds is 9. The second-order valence-corrected chi connectivity index (χ2v) is 11.2. The van der Waals surface area contributed by atoms with E-state index in [1.165, 1.54) is 23.0 Å². The standard InChI is InChI=1S/C33H28Cl2N4O5/c1-19(2)25-16-26(20(3)14-30(25)43-4)32-37-28-10-6-5-9-24(28)33(40)38(32)36-17-21-8-7-11-29(39(41)42)31(21)44-18-22-12-13-23(34)15-27(22)35/h5-17,19H,18H2,1-4H3. The van der Waals surface area contributed by atoms with Crippen LogP contribution in [-0.2, 0) is 6.61 Å². The summed E-state index contributed by atoms with van der Waals surface area (Å²) in [5, 5.41) is 17.7. The van der Waals surface area contributed by atoms with Crippen molar-refractivity contribution in [3.05, 3.63) is 126 Å². The fraction of sp³-hybridized carbons (Fsp3) is 0.182. The summed E-state index contributed by atoms with van der Waals surface area (Å²) < 4.78 is 12.8. The average Bonchev–Trinajstić information content (AvgIpc) is 3.00. The van der Waals surface area contributed by atoms with Crippen LogP contribution in [-0.4, -0.2) is 27.9 Å². The fourth-order valence-electron chi connectivity index (χ4n) is 4.83. The van der Waals surface area contributed by atoms with E-state index >= 15 is 0 Å². The maximum Gasteiger partial charge on any atom is 0.311 e. The first kappa shape index (κ1) is 30.7. The Labute approximate surface area is 263 Å². The van der Waals surface area contributed by atoms with Crippen molar-refractivity contribution in [3.8, 4) is 22.9 Å². The summed E-state index contributed by atoms with van der Waals surface area (Å²) in [6.07, 6.45) is 1.36. The van der Waals surface area contributed by atoms with Crippen molar-refractivity contribution in [2.75, 3.05) is 7.11 Å². The lowest BCUT2D eigenvalue weighted by Crippen LogP contribution is -2.21. The lowest BCUT2D eigenvalue weighted by molar-refractivity contribution is -0.385. The van der Waals surface area contributed by atoms with E-state index in [2.05, 4.69) is 18.9 Å². The Morgan fingerprint density at radius 2 is 1.84 bits per heavy atom. The number of aromatic nitrogens is 2. The van der Waals surface area contributed by atoms with Gasteiger partial charge in [0.1, 0.15) is 12.4 Å². The molecule has 5 aromatic rings. The van der Waals surface area contributed by atoms with Gasteiger partial charge >= 0.3 is 5.69 Å². The summed E-state index contributed by atoms with van der Waals surface area (Å²) in [6.45, 7) is 5.95. The maximum absolute atomic E-state index is 13.9. The molecular weight excluding hydrogens is 603 g/mol. The smallest absolute Gasteiger partial charge is 0.311 e.